The Kier molecular flexibility index (Phi) is 7.40. The third-order valence-electron chi connectivity index (χ3n) is 4.22. The summed E-state index contributed by atoms with van der Waals surface area (Å²) in [5, 5.41) is 6.45. The molecule has 1 aliphatic heterocycles. The van der Waals surface area contributed by atoms with Crippen LogP contribution in [-0.2, 0) is 17.9 Å². The van der Waals surface area contributed by atoms with Crippen LogP contribution in [-0.4, -0.2) is 48.0 Å². The van der Waals surface area contributed by atoms with Gasteiger partial charge in [0.05, 0.1) is 0 Å². The summed E-state index contributed by atoms with van der Waals surface area (Å²) in [4.78, 5) is 14.4. The predicted molar refractivity (Wildman–Crippen MR) is 98.6 cm³/mol. The van der Waals surface area contributed by atoms with E-state index >= 15 is 0 Å². The first-order valence-corrected chi connectivity index (χ1v) is 9.56. The quantitative estimate of drug-likeness (QED) is 0.802. The monoisotopic (exact) mass is 335 g/mol. The van der Waals surface area contributed by atoms with E-state index in [1.807, 2.05) is 11.8 Å². The van der Waals surface area contributed by atoms with Crippen molar-refractivity contribution in [3.8, 4) is 0 Å². The van der Waals surface area contributed by atoms with Crippen LogP contribution < -0.4 is 10.6 Å². The second kappa shape index (κ2) is 9.30. The molecule has 1 unspecified atom stereocenters. The molecule has 1 aliphatic rings. The van der Waals surface area contributed by atoms with E-state index in [1.165, 1.54) is 11.1 Å². The summed E-state index contributed by atoms with van der Waals surface area (Å²) in [5.41, 5.74) is 2.46. The van der Waals surface area contributed by atoms with E-state index < -0.39 is 0 Å². The summed E-state index contributed by atoms with van der Waals surface area (Å²) in [7, 11) is 2.13. The number of nitrogens with zero attached hydrogens (tertiary/aromatic N) is 1. The molecule has 2 rings (SSSR count). The highest BCUT2D eigenvalue weighted by molar-refractivity contribution is 7.99. The molecular weight excluding hydrogens is 306 g/mol. The third kappa shape index (κ3) is 6.53. The second-order valence-corrected chi connectivity index (χ2v) is 7.69. The number of amides is 1. The van der Waals surface area contributed by atoms with Crippen molar-refractivity contribution >= 4 is 17.7 Å². The van der Waals surface area contributed by atoms with Gasteiger partial charge in [-0.3, -0.25) is 9.69 Å². The largest absolute Gasteiger partial charge is 0.352 e. The number of benzene rings is 1. The maximum absolute atomic E-state index is 12.1. The lowest BCUT2D eigenvalue weighted by atomic mass is 10.1. The Labute approximate surface area is 144 Å². The SMILES string of the molecule is CC(C)N(C)Cc1cccc(CNC(=O)CC2CSCCN2)c1. The summed E-state index contributed by atoms with van der Waals surface area (Å²) in [6, 6.07) is 9.33. The first kappa shape index (κ1) is 18.3. The van der Waals surface area contributed by atoms with Crippen molar-refractivity contribution in [3.05, 3.63) is 35.4 Å². The van der Waals surface area contributed by atoms with E-state index in [2.05, 4.69) is 60.7 Å². The van der Waals surface area contributed by atoms with Crippen molar-refractivity contribution in [2.24, 2.45) is 0 Å². The molecule has 0 spiro atoms. The van der Waals surface area contributed by atoms with Gasteiger partial charge in [0.1, 0.15) is 0 Å². The van der Waals surface area contributed by atoms with Crippen molar-refractivity contribution < 1.29 is 4.79 Å². The van der Waals surface area contributed by atoms with E-state index in [1.54, 1.807) is 0 Å². The Hall–Kier alpha value is -1.04. The van der Waals surface area contributed by atoms with E-state index in [0.717, 1.165) is 24.6 Å². The van der Waals surface area contributed by atoms with Crippen molar-refractivity contribution in [3.63, 3.8) is 0 Å². The molecule has 1 atom stereocenters. The number of rotatable bonds is 7. The normalized spacial score (nSPS) is 18.4. The molecule has 4 nitrogen and oxygen atoms in total. The Balaban J connectivity index is 1.79. The summed E-state index contributed by atoms with van der Waals surface area (Å²) in [5.74, 6) is 2.31. The molecule has 2 N–H and O–H groups in total. The zero-order valence-corrected chi connectivity index (χ0v) is 15.3. The molecule has 1 fully saturated rings. The average Bonchev–Trinajstić information content (AvgIpc) is 2.54. The van der Waals surface area contributed by atoms with Crippen LogP contribution >= 0.6 is 11.8 Å². The molecule has 128 valence electrons. The third-order valence-corrected chi connectivity index (χ3v) is 5.36. The van der Waals surface area contributed by atoms with Gasteiger partial charge in [0.15, 0.2) is 0 Å². The summed E-state index contributed by atoms with van der Waals surface area (Å²) in [6.07, 6.45) is 0.572. The Bertz CT molecular complexity index is 501. The number of carbonyl (C=O) groups is 1. The number of hydrogen-bond donors (Lipinski definition) is 2. The van der Waals surface area contributed by atoms with Crippen LogP contribution in [0.15, 0.2) is 24.3 Å². The van der Waals surface area contributed by atoms with E-state index in [-0.39, 0.29) is 5.91 Å². The summed E-state index contributed by atoms with van der Waals surface area (Å²) >= 11 is 1.92. The van der Waals surface area contributed by atoms with Gasteiger partial charge in [-0.1, -0.05) is 24.3 Å². The minimum absolute atomic E-state index is 0.134. The molecule has 0 aliphatic carbocycles. The van der Waals surface area contributed by atoms with E-state index in [9.17, 15) is 4.79 Å². The van der Waals surface area contributed by atoms with Crippen LogP contribution in [0.1, 0.15) is 31.4 Å². The Morgan fingerprint density at radius 2 is 2.22 bits per heavy atom. The molecule has 1 aromatic carbocycles. The van der Waals surface area contributed by atoms with Gasteiger partial charge in [0.25, 0.3) is 0 Å². The van der Waals surface area contributed by atoms with Gasteiger partial charge in [-0.2, -0.15) is 11.8 Å². The fourth-order valence-electron chi connectivity index (χ4n) is 2.56. The van der Waals surface area contributed by atoms with Gasteiger partial charge in [0.2, 0.25) is 5.91 Å². The molecule has 1 aromatic rings. The van der Waals surface area contributed by atoms with Gasteiger partial charge in [-0.05, 0) is 32.0 Å². The molecule has 0 radical (unpaired) electrons. The van der Waals surface area contributed by atoms with Gasteiger partial charge >= 0.3 is 0 Å². The Morgan fingerprint density at radius 3 is 2.91 bits per heavy atom. The fourth-order valence-corrected chi connectivity index (χ4v) is 3.51. The van der Waals surface area contributed by atoms with Gasteiger partial charge < -0.3 is 10.6 Å². The molecule has 0 bridgehead atoms. The van der Waals surface area contributed by atoms with Crippen LogP contribution in [0.5, 0.6) is 0 Å². The molecule has 0 saturated carbocycles. The number of carbonyl (C=O) groups excluding carboxylic acids is 1. The summed E-state index contributed by atoms with van der Waals surface area (Å²) < 4.78 is 0. The maximum Gasteiger partial charge on any atom is 0.221 e. The number of nitrogens with one attached hydrogen (secondary N) is 2. The van der Waals surface area contributed by atoms with Gasteiger partial charge in [0, 0.05) is 49.6 Å². The van der Waals surface area contributed by atoms with E-state index in [4.69, 9.17) is 0 Å². The van der Waals surface area contributed by atoms with E-state index in [0.29, 0.717) is 25.0 Å². The molecule has 0 aromatic heterocycles. The second-order valence-electron chi connectivity index (χ2n) is 6.54. The highest BCUT2D eigenvalue weighted by Crippen LogP contribution is 2.11. The zero-order chi connectivity index (χ0) is 16.7. The lowest BCUT2D eigenvalue weighted by Gasteiger charge is -2.22. The van der Waals surface area contributed by atoms with Crippen LogP contribution in [0.25, 0.3) is 0 Å². The molecular formula is C18H29N3OS. The zero-order valence-electron chi connectivity index (χ0n) is 14.5. The predicted octanol–water partition coefficient (Wildman–Crippen LogP) is 2.24. The first-order chi connectivity index (χ1) is 11.0. The highest BCUT2D eigenvalue weighted by Gasteiger charge is 2.16. The average molecular weight is 336 g/mol. The maximum atomic E-state index is 12.1. The van der Waals surface area contributed by atoms with Crippen molar-refractivity contribution in [1.82, 2.24) is 15.5 Å². The lowest BCUT2D eigenvalue weighted by molar-refractivity contribution is -0.121. The molecule has 23 heavy (non-hydrogen) atoms. The molecule has 1 saturated heterocycles. The topological polar surface area (TPSA) is 44.4 Å². The Morgan fingerprint density at radius 1 is 1.43 bits per heavy atom. The summed E-state index contributed by atoms with van der Waals surface area (Å²) in [6.45, 7) is 6.94. The van der Waals surface area contributed by atoms with Gasteiger partial charge in [-0.25, -0.2) is 0 Å². The van der Waals surface area contributed by atoms with Crippen molar-refractivity contribution in [1.29, 1.82) is 0 Å². The smallest absolute Gasteiger partial charge is 0.221 e. The van der Waals surface area contributed by atoms with Crippen LogP contribution in [0.4, 0.5) is 0 Å². The number of hydrogen-bond acceptors (Lipinski definition) is 4. The van der Waals surface area contributed by atoms with Crippen LogP contribution in [0.2, 0.25) is 0 Å². The minimum atomic E-state index is 0.134. The van der Waals surface area contributed by atoms with Gasteiger partial charge in [-0.15, -0.1) is 0 Å². The van der Waals surface area contributed by atoms with Crippen LogP contribution in [0.3, 0.4) is 0 Å². The molecule has 1 amide bonds. The molecule has 5 heteroatoms. The minimum Gasteiger partial charge on any atom is -0.352 e. The number of thioether (sulfide) groups is 1. The highest BCUT2D eigenvalue weighted by atomic mass is 32.2. The fraction of sp³-hybridized carbons (Fsp3) is 0.611. The van der Waals surface area contributed by atoms with Crippen molar-refractivity contribution in [2.75, 3.05) is 25.1 Å². The lowest BCUT2D eigenvalue weighted by Crippen LogP contribution is -2.41. The van der Waals surface area contributed by atoms with Crippen LogP contribution in [0, 0.1) is 0 Å². The molecule has 1 heterocycles. The standard InChI is InChI=1S/C18H29N3OS/c1-14(2)21(3)12-16-6-4-5-15(9-16)11-20-18(22)10-17-13-23-8-7-19-17/h4-6,9,14,17,19H,7-8,10-13H2,1-3H3,(H,20,22). The first-order valence-electron chi connectivity index (χ1n) is 8.40. The van der Waals surface area contributed by atoms with Crippen molar-refractivity contribution in [2.45, 2.75) is 45.4 Å².